The van der Waals surface area contributed by atoms with E-state index in [2.05, 4.69) is 21.2 Å². The number of benzene rings is 2. The molecule has 2 rings (SSSR count). The zero-order valence-corrected chi connectivity index (χ0v) is 11.7. The van der Waals surface area contributed by atoms with Gasteiger partial charge in [-0.25, -0.2) is 13.2 Å². The van der Waals surface area contributed by atoms with Crippen LogP contribution in [0.25, 0.3) is 0 Å². The third-order valence-corrected chi connectivity index (χ3v) is 3.50. The Morgan fingerprint density at radius 3 is 2.53 bits per heavy atom. The molecule has 0 aliphatic rings. The van der Waals surface area contributed by atoms with Crippen LogP contribution in [0.4, 0.5) is 18.9 Å². The molecule has 0 aliphatic heterocycles. The zero-order valence-electron chi connectivity index (χ0n) is 10.1. The molecule has 2 aromatic carbocycles. The molecule has 0 radical (unpaired) electrons. The molecule has 0 fully saturated rings. The highest BCUT2D eigenvalue weighted by atomic mass is 79.9. The van der Waals surface area contributed by atoms with Crippen molar-refractivity contribution in [1.82, 2.24) is 0 Å². The van der Waals surface area contributed by atoms with Crippen molar-refractivity contribution in [3.63, 3.8) is 0 Å². The van der Waals surface area contributed by atoms with E-state index in [0.717, 1.165) is 12.1 Å². The quantitative estimate of drug-likeness (QED) is 0.853. The third-order valence-electron chi connectivity index (χ3n) is 2.73. The molecule has 5 heteroatoms. The summed E-state index contributed by atoms with van der Waals surface area (Å²) in [4.78, 5) is 0. The van der Waals surface area contributed by atoms with Gasteiger partial charge >= 0.3 is 0 Å². The van der Waals surface area contributed by atoms with E-state index >= 15 is 0 Å². The lowest BCUT2D eigenvalue weighted by Crippen LogP contribution is -2.03. The molecule has 0 amide bonds. The van der Waals surface area contributed by atoms with Crippen molar-refractivity contribution in [2.24, 2.45) is 0 Å². The fraction of sp³-hybridized carbons (Fsp3) is 0.143. The highest BCUT2D eigenvalue weighted by molar-refractivity contribution is 9.10. The first kappa shape index (κ1) is 13.9. The number of hydrogen-bond acceptors (Lipinski definition) is 1. The summed E-state index contributed by atoms with van der Waals surface area (Å²) in [5, 5.41) is 2.75. The fourth-order valence-electron chi connectivity index (χ4n) is 1.65. The van der Waals surface area contributed by atoms with Crippen molar-refractivity contribution < 1.29 is 13.2 Å². The number of anilines is 1. The molecule has 100 valence electrons. The first-order valence-electron chi connectivity index (χ1n) is 5.61. The Hall–Kier alpha value is -1.49. The van der Waals surface area contributed by atoms with Crippen LogP contribution in [0.5, 0.6) is 0 Å². The van der Waals surface area contributed by atoms with E-state index in [1.807, 2.05) is 0 Å². The number of hydrogen-bond donors (Lipinski definition) is 1. The van der Waals surface area contributed by atoms with Gasteiger partial charge in [0.05, 0.1) is 5.69 Å². The lowest BCUT2D eigenvalue weighted by molar-refractivity contribution is 0.594. The minimum absolute atomic E-state index is 0.0549. The summed E-state index contributed by atoms with van der Waals surface area (Å²) in [5.41, 5.74) is 0.926. The Morgan fingerprint density at radius 2 is 1.79 bits per heavy atom. The maximum atomic E-state index is 13.6. The van der Waals surface area contributed by atoms with Gasteiger partial charge in [-0.05, 0) is 42.3 Å². The van der Waals surface area contributed by atoms with Crippen LogP contribution < -0.4 is 5.32 Å². The average molecular weight is 330 g/mol. The van der Waals surface area contributed by atoms with Crippen LogP contribution in [0, 0.1) is 24.4 Å². The second-order valence-corrected chi connectivity index (χ2v) is 5.02. The van der Waals surface area contributed by atoms with E-state index < -0.39 is 11.6 Å². The van der Waals surface area contributed by atoms with Crippen molar-refractivity contribution in [1.29, 1.82) is 0 Å². The number of halogens is 4. The van der Waals surface area contributed by atoms with Gasteiger partial charge in [0.15, 0.2) is 0 Å². The molecule has 0 bridgehead atoms. The van der Waals surface area contributed by atoms with Gasteiger partial charge in [-0.15, -0.1) is 0 Å². The van der Waals surface area contributed by atoms with E-state index in [9.17, 15) is 13.2 Å². The maximum Gasteiger partial charge on any atom is 0.146 e. The number of rotatable bonds is 3. The van der Waals surface area contributed by atoms with Gasteiger partial charge < -0.3 is 5.32 Å². The van der Waals surface area contributed by atoms with Crippen molar-refractivity contribution in [2.45, 2.75) is 13.5 Å². The molecule has 0 saturated heterocycles. The van der Waals surface area contributed by atoms with Gasteiger partial charge in [0.1, 0.15) is 17.5 Å². The monoisotopic (exact) mass is 329 g/mol. The second kappa shape index (κ2) is 5.65. The Balaban J connectivity index is 2.19. The summed E-state index contributed by atoms with van der Waals surface area (Å²) < 4.78 is 40.7. The van der Waals surface area contributed by atoms with Crippen molar-refractivity contribution in [3.8, 4) is 0 Å². The number of nitrogens with one attached hydrogen (secondary N) is 1. The molecule has 19 heavy (non-hydrogen) atoms. The van der Waals surface area contributed by atoms with Crippen molar-refractivity contribution in [2.75, 3.05) is 5.32 Å². The summed E-state index contributed by atoms with van der Waals surface area (Å²) in [6.45, 7) is 1.68. The van der Waals surface area contributed by atoms with Gasteiger partial charge in [0, 0.05) is 17.1 Å². The molecule has 0 aromatic heterocycles. The second-order valence-electron chi connectivity index (χ2n) is 4.17. The van der Waals surface area contributed by atoms with Crippen LogP contribution in [0.1, 0.15) is 11.1 Å². The van der Waals surface area contributed by atoms with E-state index in [1.165, 1.54) is 19.1 Å². The topological polar surface area (TPSA) is 12.0 Å². The molecule has 0 spiro atoms. The van der Waals surface area contributed by atoms with Gasteiger partial charge in [-0.3, -0.25) is 0 Å². The Kier molecular flexibility index (Phi) is 4.14. The predicted octanol–water partition coefficient (Wildman–Crippen LogP) is 4.79. The highest BCUT2D eigenvalue weighted by Gasteiger charge is 2.08. The molecule has 0 atom stereocenters. The molecular formula is C14H11BrF3N. The van der Waals surface area contributed by atoms with Crippen LogP contribution in [0.15, 0.2) is 34.8 Å². The summed E-state index contributed by atoms with van der Waals surface area (Å²) in [6.07, 6.45) is 0. The third kappa shape index (κ3) is 3.29. The maximum absolute atomic E-state index is 13.6. The molecule has 0 aliphatic carbocycles. The minimum atomic E-state index is -0.536. The van der Waals surface area contributed by atoms with Gasteiger partial charge in [-0.2, -0.15) is 0 Å². The predicted molar refractivity (Wildman–Crippen MR) is 72.5 cm³/mol. The molecular weight excluding hydrogens is 319 g/mol. The summed E-state index contributed by atoms with van der Waals surface area (Å²) >= 11 is 3.27. The van der Waals surface area contributed by atoms with Crippen molar-refractivity contribution in [3.05, 3.63) is 63.4 Å². The summed E-state index contributed by atoms with van der Waals surface area (Å²) in [7, 11) is 0. The van der Waals surface area contributed by atoms with E-state index in [1.54, 1.807) is 6.07 Å². The summed E-state index contributed by atoms with van der Waals surface area (Å²) in [6, 6.07) is 6.44. The standard InChI is InChI=1S/C14H11BrF3N/c1-8-4-13(18)14(6-12(8)17)19-7-9-5-10(16)2-3-11(9)15/h2-6,19H,7H2,1H3. The van der Waals surface area contributed by atoms with Gasteiger partial charge in [-0.1, -0.05) is 15.9 Å². The van der Waals surface area contributed by atoms with Crippen LogP contribution in [-0.4, -0.2) is 0 Å². The largest absolute Gasteiger partial charge is 0.378 e. The lowest BCUT2D eigenvalue weighted by atomic mass is 10.2. The molecule has 1 N–H and O–H groups in total. The first-order chi connectivity index (χ1) is 8.97. The molecule has 0 heterocycles. The van der Waals surface area contributed by atoms with Crippen LogP contribution in [-0.2, 0) is 6.54 Å². The number of aryl methyl sites for hydroxylation is 1. The van der Waals surface area contributed by atoms with E-state index in [-0.39, 0.29) is 23.6 Å². The molecule has 0 saturated carbocycles. The van der Waals surface area contributed by atoms with Crippen LogP contribution >= 0.6 is 15.9 Å². The Bertz CT molecular complexity index is 614. The summed E-state index contributed by atoms with van der Waals surface area (Å²) in [5.74, 6) is -1.40. The Morgan fingerprint density at radius 1 is 1.05 bits per heavy atom. The molecule has 2 aromatic rings. The SMILES string of the molecule is Cc1cc(F)c(NCc2cc(F)ccc2Br)cc1F. The normalized spacial score (nSPS) is 10.6. The average Bonchev–Trinajstić information content (AvgIpc) is 2.36. The minimum Gasteiger partial charge on any atom is -0.378 e. The fourth-order valence-corrected chi connectivity index (χ4v) is 2.04. The zero-order chi connectivity index (χ0) is 14.0. The highest BCUT2D eigenvalue weighted by Crippen LogP contribution is 2.22. The van der Waals surface area contributed by atoms with Crippen LogP contribution in [0.2, 0.25) is 0 Å². The first-order valence-corrected chi connectivity index (χ1v) is 6.40. The van der Waals surface area contributed by atoms with E-state index in [0.29, 0.717) is 10.0 Å². The van der Waals surface area contributed by atoms with Crippen LogP contribution in [0.3, 0.4) is 0 Å². The smallest absolute Gasteiger partial charge is 0.146 e. The van der Waals surface area contributed by atoms with Gasteiger partial charge in [0.2, 0.25) is 0 Å². The van der Waals surface area contributed by atoms with Gasteiger partial charge in [0.25, 0.3) is 0 Å². The Labute approximate surface area is 117 Å². The molecule has 0 unspecified atom stereocenters. The lowest BCUT2D eigenvalue weighted by Gasteiger charge is -2.10. The van der Waals surface area contributed by atoms with E-state index in [4.69, 9.17) is 0 Å². The van der Waals surface area contributed by atoms with Crippen molar-refractivity contribution >= 4 is 21.6 Å². The molecule has 1 nitrogen and oxygen atoms in total.